The van der Waals surface area contributed by atoms with E-state index >= 15 is 0 Å². The van der Waals surface area contributed by atoms with Crippen LogP contribution in [0.4, 0.5) is 0 Å². The third-order valence-electron chi connectivity index (χ3n) is 5.52. The summed E-state index contributed by atoms with van der Waals surface area (Å²) in [6.45, 7) is 3.68. The molecular formula is C24H27ClN4O2. The minimum absolute atomic E-state index is 0.154. The summed E-state index contributed by atoms with van der Waals surface area (Å²) in [6.07, 6.45) is 3.77. The number of carbonyl (C=O) groups excluding carboxylic acids is 1. The molecule has 6 nitrogen and oxygen atoms in total. The zero-order chi connectivity index (χ0) is 21.6. The number of ether oxygens (including phenoxy) is 1. The molecule has 0 bridgehead atoms. The third kappa shape index (κ3) is 5.27. The average Bonchev–Trinajstić information content (AvgIpc) is 3.26. The van der Waals surface area contributed by atoms with Gasteiger partial charge in [-0.2, -0.15) is 5.10 Å². The predicted molar refractivity (Wildman–Crippen MR) is 123 cm³/mol. The first-order valence-corrected chi connectivity index (χ1v) is 11.0. The van der Waals surface area contributed by atoms with E-state index in [-0.39, 0.29) is 5.91 Å². The number of nitrogens with one attached hydrogen (secondary N) is 1. The number of piperidine rings is 1. The fourth-order valence-electron chi connectivity index (χ4n) is 3.87. The van der Waals surface area contributed by atoms with Gasteiger partial charge in [-0.1, -0.05) is 36.2 Å². The van der Waals surface area contributed by atoms with E-state index in [0.29, 0.717) is 23.0 Å². The normalized spacial score (nSPS) is 14.4. The Morgan fingerprint density at radius 2 is 1.90 bits per heavy atom. The van der Waals surface area contributed by atoms with Crippen molar-refractivity contribution in [1.29, 1.82) is 0 Å². The van der Waals surface area contributed by atoms with Crippen LogP contribution >= 0.6 is 11.6 Å². The lowest BCUT2D eigenvalue weighted by atomic mass is 10.1. The standard InChI is InChI=1S/C24H27ClN4O2/c1-31-21-10-5-7-18(15-21)22-17-23(29(27-22)20-9-6-8-19(25)16-20)24(30)26-11-14-28-12-3-2-4-13-28/h5-10,15-17H,2-4,11-14H2,1H3,(H,26,30). The van der Waals surface area contributed by atoms with Crippen LogP contribution < -0.4 is 10.1 Å². The van der Waals surface area contributed by atoms with Crippen LogP contribution in [0.25, 0.3) is 16.9 Å². The van der Waals surface area contributed by atoms with E-state index in [0.717, 1.165) is 36.6 Å². The van der Waals surface area contributed by atoms with E-state index in [4.69, 9.17) is 21.4 Å². The third-order valence-corrected chi connectivity index (χ3v) is 5.76. The van der Waals surface area contributed by atoms with Gasteiger partial charge in [0.2, 0.25) is 0 Å². The minimum Gasteiger partial charge on any atom is -0.497 e. The van der Waals surface area contributed by atoms with Crippen LogP contribution in [0.3, 0.4) is 0 Å². The highest BCUT2D eigenvalue weighted by atomic mass is 35.5. The number of nitrogens with zero attached hydrogens (tertiary/aromatic N) is 3. The lowest BCUT2D eigenvalue weighted by Gasteiger charge is -2.26. The first kappa shape index (κ1) is 21.4. The topological polar surface area (TPSA) is 59.4 Å². The molecule has 2 aromatic carbocycles. The van der Waals surface area contributed by atoms with Gasteiger partial charge in [-0.3, -0.25) is 4.79 Å². The first-order valence-electron chi connectivity index (χ1n) is 10.6. The van der Waals surface area contributed by atoms with Crippen LogP contribution in [-0.4, -0.2) is 53.9 Å². The number of hydrogen-bond acceptors (Lipinski definition) is 4. The fraction of sp³-hybridized carbons (Fsp3) is 0.333. The Morgan fingerprint density at radius 3 is 2.68 bits per heavy atom. The highest BCUT2D eigenvalue weighted by Gasteiger charge is 2.18. The van der Waals surface area contributed by atoms with E-state index in [9.17, 15) is 4.79 Å². The van der Waals surface area contributed by atoms with Gasteiger partial charge in [0, 0.05) is 23.7 Å². The van der Waals surface area contributed by atoms with Crippen LogP contribution in [0, 0.1) is 0 Å². The molecule has 0 atom stereocenters. The first-order chi connectivity index (χ1) is 15.1. The predicted octanol–water partition coefficient (Wildman–Crippen LogP) is 4.42. The Labute approximate surface area is 187 Å². The lowest BCUT2D eigenvalue weighted by Crippen LogP contribution is -2.38. The summed E-state index contributed by atoms with van der Waals surface area (Å²) >= 11 is 6.20. The van der Waals surface area contributed by atoms with E-state index in [2.05, 4.69) is 10.2 Å². The number of likely N-dealkylation sites (tertiary alicyclic amines) is 1. The molecule has 0 saturated carbocycles. The molecule has 0 unspecified atom stereocenters. The number of methoxy groups -OCH3 is 1. The quantitative estimate of drug-likeness (QED) is 0.593. The van der Waals surface area contributed by atoms with Crippen molar-refractivity contribution in [3.63, 3.8) is 0 Å². The summed E-state index contributed by atoms with van der Waals surface area (Å²) in [5.74, 6) is 0.584. The van der Waals surface area contributed by atoms with Crippen molar-refractivity contribution in [2.45, 2.75) is 19.3 Å². The Balaban J connectivity index is 1.59. The number of benzene rings is 2. The molecule has 1 aliphatic rings. The van der Waals surface area contributed by atoms with Crippen molar-refractivity contribution in [3.05, 3.63) is 65.3 Å². The Kier molecular flexibility index (Phi) is 6.89. The van der Waals surface area contributed by atoms with Gasteiger partial charge in [-0.25, -0.2) is 4.68 Å². The van der Waals surface area contributed by atoms with Gasteiger partial charge < -0.3 is 15.0 Å². The number of amides is 1. The molecule has 31 heavy (non-hydrogen) atoms. The number of hydrogen-bond donors (Lipinski definition) is 1. The molecule has 1 fully saturated rings. The Bertz CT molecular complexity index is 1040. The number of halogens is 1. The zero-order valence-corrected chi connectivity index (χ0v) is 18.4. The van der Waals surface area contributed by atoms with Crippen molar-refractivity contribution in [2.75, 3.05) is 33.3 Å². The summed E-state index contributed by atoms with van der Waals surface area (Å²) in [7, 11) is 1.63. The summed E-state index contributed by atoms with van der Waals surface area (Å²) in [4.78, 5) is 15.5. The molecule has 0 radical (unpaired) electrons. The molecule has 0 aliphatic carbocycles. The molecule has 1 amide bonds. The van der Waals surface area contributed by atoms with Gasteiger partial charge in [-0.05, 0) is 62.3 Å². The van der Waals surface area contributed by atoms with Crippen LogP contribution in [0.2, 0.25) is 5.02 Å². The second-order valence-electron chi connectivity index (χ2n) is 7.70. The molecule has 4 rings (SSSR count). The Morgan fingerprint density at radius 1 is 1.10 bits per heavy atom. The molecule has 2 heterocycles. The maximum Gasteiger partial charge on any atom is 0.270 e. The van der Waals surface area contributed by atoms with Crippen molar-refractivity contribution in [1.82, 2.24) is 20.0 Å². The summed E-state index contributed by atoms with van der Waals surface area (Å²) in [5.41, 5.74) is 2.78. The zero-order valence-electron chi connectivity index (χ0n) is 17.7. The number of aromatic nitrogens is 2. The summed E-state index contributed by atoms with van der Waals surface area (Å²) in [6, 6.07) is 16.8. The van der Waals surface area contributed by atoms with Crippen molar-refractivity contribution in [3.8, 4) is 22.7 Å². The smallest absolute Gasteiger partial charge is 0.270 e. The SMILES string of the molecule is COc1cccc(-c2cc(C(=O)NCCN3CCCCC3)n(-c3cccc(Cl)c3)n2)c1. The average molecular weight is 439 g/mol. The van der Waals surface area contributed by atoms with Crippen molar-refractivity contribution in [2.24, 2.45) is 0 Å². The van der Waals surface area contributed by atoms with Crippen LogP contribution in [-0.2, 0) is 0 Å². The van der Waals surface area contributed by atoms with Gasteiger partial charge in [0.15, 0.2) is 0 Å². The molecule has 1 aromatic heterocycles. The van der Waals surface area contributed by atoms with Gasteiger partial charge in [0.1, 0.15) is 11.4 Å². The van der Waals surface area contributed by atoms with Gasteiger partial charge in [-0.15, -0.1) is 0 Å². The maximum absolute atomic E-state index is 13.1. The molecule has 7 heteroatoms. The van der Waals surface area contributed by atoms with E-state index in [1.807, 2.05) is 42.5 Å². The molecule has 1 saturated heterocycles. The largest absolute Gasteiger partial charge is 0.497 e. The second kappa shape index (κ2) is 9.98. The molecule has 1 aliphatic heterocycles. The van der Waals surface area contributed by atoms with E-state index in [1.165, 1.54) is 19.3 Å². The fourth-order valence-corrected chi connectivity index (χ4v) is 4.06. The van der Waals surface area contributed by atoms with Gasteiger partial charge in [0.25, 0.3) is 5.91 Å². The molecule has 3 aromatic rings. The van der Waals surface area contributed by atoms with Crippen LogP contribution in [0.15, 0.2) is 54.6 Å². The van der Waals surface area contributed by atoms with Crippen molar-refractivity contribution >= 4 is 17.5 Å². The van der Waals surface area contributed by atoms with Gasteiger partial charge in [0.05, 0.1) is 18.5 Å². The Hall–Kier alpha value is -2.83. The van der Waals surface area contributed by atoms with E-state index in [1.54, 1.807) is 23.9 Å². The molecule has 162 valence electrons. The van der Waals surface area contributed by atoms with E-state index < -0.39 is 0 Å². The summed E-state index contributed by atoms with van der Waals surface area (Å²) < 4.78 is 6.99. The number of carbonyl (C=O) groups is 1. The van der Waals surface area contributed by atoms with Crippen LogP contribution in [0.1, 0.15) is 29.8 Å². The maximum atomic E-state index is 13.1. The monoisotopic (exact) mass is 438 g/mol. The summed E-state index contributed by atoms with van der Waals surface area (Å²) in [5, 5.41) is 8.37. The highest BCUT2D eigenvalue weighted by molar-refractivity contribution is 6.30. The van der Waals surface area contributed by atoms with Gasteiger partial charge >= 0.3 is 0 Å². The highest BCUT2D eigenvalue weighted by Crippen LogP contribution is 2.26. The molecule has 0 spiro atoms. The number of rotatable bonds is 7. The van der Waals surface area contributed by atoms with Crippen molar-refractivity contribution < 1.29 is 9.53 Å². The molecular weight excluding hydrogens is 412 g/mol. The second-order valence-corrected chi connectivity index (χ2v) is 8.13. The van der Waals surface area contributed by atoms with Crippen LogP contribution in [0.5, 0.6) is 5.75 Å². The minimum atomic E-state index is -0.154. The molecule has 1 N–H and O–H groups in total. The lowest BCUT2D eigenvalue weighted by molar-refractivity contribution is 0.0939.